The van der Waals surface area contributed by atoms with E-state index in [2.05, 4.69) is 6.07 Å². The van der Waals surface area contributed by atoms with Gasteiger partial charge in [-0.25, -0.2) is 4.79 Å². The van der Waals surface area contributed by atoms with Gasteiger partial charge >= 0.3 is 13.1 Å². The molecule has 25 heavy (non-hydrogen) atoms. The van der Waals surface area contributed by atoms with E-state index < -0.39 is 18.3 Å². The van der Waals surface area contributed by atoms with Crippen LogP contribution in [0.2, 0.25) is 0 Å². The molecule has 0 aromatic heterocycles. The van der Waals surface area contributed by atoms with Gasteiger partial charge in [0.1, 0.15) is 0 Å². The highest BCUT2D eigenvalue weighted by atomic mass is 16.7. The minimum Gasteiger partial charge on any atom is -0.465 e. The number of carbonyl (C=O) groups excluding carboxylic acids is 1. The first-order valence-corrected chi connectivity index (χ1v) is 8.90. The number of rotatable bonds is 3. The number of benzene rings is 1. The first kappa shape index (κ1) is 18.4. The van der Waals surface area contributed by atoms with Crippen molar-refractivity contribution in [3.8, 4) is 0 Å². The van der Waals surface area contributed by atoms with Crippen molar-refractivity contribution in [3.05, 3.63) is 29.3 Å². The second kappa shape index (κ2) is 6.74. The average Bonchev–Trinajstić information content (AvgIpc) is 2.82. The van der Waals surface area contributed by atoms with Crippen molar-refractivity contribution in [1.29, 1.82) is 0 Å². The van der Waals surface area contributed by atoms with Gasteiger partial charge < -0.3 is 18.8 Å². The molecule has 0 saturated carbocycles. The molecular weight excluding hydrogens is 319 g/mol. The van der Waals surface area contributed by atoms with Gasteiger partial charge in [0.15, 0.2) is 0 Å². The Morgan fingerprint density at radius 3 is 2.40 bits per heavy atom. The van der Waals surface area contributed by atoms with Crippen LogP contribution < -0.4 is 5.46 Å². The second-order valence-electron chi connectivity index (χ2n) is 7.88. The minimum atomic E-state index is -0.502. The molecule has 136 valence electrons. The molecule has 0 N–H and O–H groups in total. The molecule has 3 rings (SSSR count). The molecule has 2 saturated heterocycles. The molecule has 0 bridgehead atoms. The summed E-state index contributed by atoms with van der Waals surface area (Å²) in [5, 5.41) is 0. The van der Waals surface area contributed by atoms with Gasteiger partial charge in [-0.3, -0.25) is 0 Å². The lowest BCUT2D eigenvalue weighted by molar-refractivity contribution is 0.00578. The molecule has 2 aliphatic rings. The quantitative estimate of drug-likeness (QED) is 0.622. The Balaban J connectivity index is 1.97. The highest BCUT2D eigenvalue weighted by Crippen LogP contribution is 2.37. The lowest BCUT2D eigenvalue weighted by Crippen LogP contribution is -2.41. The Kier molecular flexibility index (Phi) is 4.97. The molecule has 2 aliphatic heterocycles. The summed E-state index contributed by atoms with van der Waals surface area (Å²) in [7, 11) is 0.894. The van der Waals surface area contributed by atoms with Crippen LogP contribution in [0.4, 0.5) is 0 Å². The molecule has 1 aromatic carbocycles. The van der Waals surface area contributed by atoms with E-state index in [1.807, 2.05) is 33.8 Å². The number of carbonyl (C=O) groups is 1. The van der Waals surface area contributed by atoms with E-state index in [1.54, 1.807) is 6.07 Å². The molecule has 1 atom stereocenters. The van der Waals surface area contributed by atoms with Crippen LogP contribution >= 0.6 is 0 Å². The summed E-state index contributed by atoms with van der Waals surface area (Å²) in [4.78, 5) is 12.1. The lowest BCUT2D eigenvalue weighted by atomic mass is 9.76. The standard InChI is InChI=1S/C19H27BO5/c1-18(2)19(3,4)25-20(24-18)16-10-14(13-7-6-8-23-12-13)9-15(11-16)17(21)22-5/h9-11,13H,6-8,12H2,1-5H3. The van der Waals surface area contributed by atoms with Crippen LogP contribution in [-0.2, 0) is 18.8 Å². The Labute approximate surface area is 150 Å². The van der Waals surface area contributed by atoms with Crippen molar-refractivity contribution in [2.24, 2.45) is 0 Å². The van der Waals surface area contributed by atoms with Gasteiger partial charge in [-0.1, -0.05) is 6.07 Å². The maximum Gasteiger partial charge on any atom is 0.494 e. The lowest BCUT2D eigenvalue weighted by Gasteiger charge is -2.32. The summed E-state index contributed by atoms with van der Waals surface area (Å²) in [5.41, 5.74) is 1.60. The summed E-state index contributed by atoms with van der Waals surface area (Å²) < 4.78 is 22.9. The van der Waals surface area contributed by atoms with Gasteiger partial charge in [0.05, 0.1) is 30.5 Å². The normalized spacial score (nSPS) is 25.0. The third kappa shape index (κ3) is 3.61. The van der Waals surface area contributed by atoms with Gasteiger partial charge in [-0.05, 0) is 63.7 Å². The van der Waals surface area contributed by atoms with Crippen molar-refractivity contribution in [2.45, 2.75) is 57.7 Å². The van der Waals surface area contributed by atoms with Crippen LogP contribution in [-0.4, -0.2) is 44.6 Å². The molecule has 5 nitrogen and oxygen atoms in total. The SMILES string of the molecule is COC(=O)c1cc(B2OC(C)(C)C(C)(C)O2)cc(C2CCCOC2)c1. The number of ether oxygens (including phenoxy) is 2. The first-order valence-electron chi connectivity index (χ1n) is 8.90. The van der Waals surface area contributed by atoms with E-state index in [4.69, 9.17) is 18.8 Å². The average molecular weight is 346 g/mol. The van der Waals surface area contributed by atoms with E-state index in [1.165, 1.54) is 7.11 Å². The fourth-order valence-corrected chi connectivity index (χ4v) is 3.27. The van der Waals surface area contributed by atoms with Gasteiger partial charge in [0.25, 0.3) is 0 Å². The van der Waals surface area contributed by atoms with Gasteiger partial charge in [-0.2, -0.15) is 0 Å². The van der Waals surface area contributed by atoms with Crippen molar-refractivity contribution < 1.29 is 23.6 Å². The largest absolute Gasteiger partial charge is 0.494 e. The zero-order chi connectivity index (χ0) is 18.2. The van der Waals surface area contributed by atoms with E-state index in [-0.39, 0.29) is 11.9 Å². The van der Waals surface area contributed by atoms with Crippen molar-refractivity contribution in [2.75, 3.05) is 20.3 Å². The summed E-state index contributed by atoms with van der Waals surface area (Å²) in [6.07, 6.45) is 2.08. The Morgan fingerprint density at radius 1 is 1.16 bits per heavy atom. The molecule has 2 heterocycles. The van der Waals surface area contributed by atoms with Crippen molar-refractivity contribution in [3.63, 3.8) is 0 Å². The second-order valence-corrected chi connectivity index (χ2v) is 7.88. The first-order chi connectivity index (χ1) is 11.7. The topological polar surface area (TPSA) is 54.0 Å². The van der Waals surface area contributed by atoms with Crippen LogP contribution in [0.15, 0.2) is 18.2 Å². The van der Waals surface area contributed by atoms with Crippen LogP contribution in [0.25, 0.3) is 0 Å². The van der Waals surface area contributed by atoms with Crippen molar-refractivity contribution in [1.82, 2.24) is 0 Å². The third-order valence-corrected chi connectivity index (χ3v) is 5.56. The van der Waals surface area contributed by atoms with Crippen LogP contribution in [0, 0.1) is 0 Å². The summed E-state index contributed by atoms with van der Waals surface area (Å²) in [6.45, 7) is 9.56. The maximum atomic E-state index is 12.1. The third-order valence-electron chi connectivity index (χ3n) is 5.56. The molecule has 0 amide bonds. The number of hydrogen-bond donors (Lipinski definition) is 0. The highest BCUT2D eigenvalue weighted by molar-refractivity contribution is 6.62. The maximum absolute atomic E-state index is 12.1. The van der Waals surface area contributed by atoms with Gasteiger partial charge in [-0.15, -0.1) is 0 Å². The van der Waals surface area contributed by atoms with E-state index in [0.717, 1.165) is 30.5 Å². The Hall–Kier alpha value is -1.37. The van der Waals surface area contributed by atoms with Crippen LogP contribution in [0.5, 0.6) is 0 Å². The van der Waals surface area contributed by atoms with E-state index in [0.29, 0.717) is 12.2 Å². The predicted molar refractivity (Wildman–Crippen MR) is 96.3 cm³/mol. The molecular formula is C19H27BO5. The predicted octanol–water partition coefficient (Wildman–Crippen LogP) is 2.67. The highest BCUT2D eigenvalue weighted by Gasteiger charge is 2.51. The van der Waals surface area contributed by atoms with Crippen LogP contribution in [0.1, 0.15) is 62.4 Å². The smallest absolute Gasteiger partial charge is 0.465 e. The molecule has 1 aromatic rings. The zero-order valence-corrected chi connectivity index (χ0v) is 15.8. The summed E-state index contributed by atoms with van der Waals surface area (Å²) >= 11 is 0. The minimum absolute atomic E-state index is 0.277. The number of methoxy groups -OCH3 is 1. The number of hydrogen-bond acceptors (Lipinski definition) is 5. The molecule has 6 heteroatoms. The zero-order valence-electron chi connectivity index (χ0n) is 15.8. The molecule has 0 spiro atoms. The van der Waals surface area contributed by atoms with E-state index >= 15 is 0 Å². The van der Waals surface area contributed by atoms with Crippen molar-refractivity contribution >= 4 is 18.6 Å². The van der Waals surface area contributed by atoms with Gasteiger partial charge in [0.2, 0.25) is 0 Å². The van der Waals surface area contributed by atoms with E-state index in [9.17, 15) is 4.79 Å². The Morgan fingerprint density at radius 2 is 1.84 bits per heavy atom. The van der Waals surface area contributed by atoms with Gasteiger partial charge in [0, 0.05) is 12.5 Å². The fourth-order valence-electron chi connectivity index (χ4n) is 3.27. The number of esters is 1. The van der Waals surface area contributed by atoms with Crippen LogP contribution in [0.3, 0.4) is 0 Å². The molecule has 0 radical (unpaired) electrons. The summed E-state index contributed by atoms with van der Waals surface area (Å²) in [6, 6.07) is 5.79. The molecule has 2 fully saturated rings. The fraction of sp³-hybridized carbons (Fsp3) is 0.632. The molecule has 0 aliphatic carbocycles. The monoisotopic (exact) mass is 346 g/mol. The Bertz CT molecular complexity index is 633. The summed E-state index contributed by atoms with van der Waals surface area (Å²) in [5.74, 6) is -0.0733. The molecule has 1 unspecified atom stereocenters.